The second-order valence-electron chi connectivity index (χ2n) is 5.57. The van der Waals surface area contributed by atoms with Gasteiger partial charge in [0.2, 0.25) is 0 Å². The average Bonchev–Trinajstić information content (AvgIpc) is 2.02. The Morgan fingerprint density at radius 3 is 2.54 bits per heavy atom. The van der Waals surface area contributed by atoms with E-state index in [1.165, 1.54) is 0 Å². The molecule has 0 amide bonds. The van der Waals surface area contributed by atoms with Crippen LogP contribution in [0.15, 0.2) is 0 Å². The van der Waals surface area contributed by atoms with Crippen LogP contribution in [0.1, 0.15) is 46.5 Å². The number of nitrogens with one attached hydrogen (secondary N) is 1. The molecule has 2 nitrogen and oxygen atoms in total. The second kappa shape index (κ2) is 3.97. The summed E-state index contributed by atoms with van der Waals surface area (Å²) in [5.41, 5.74) is -0.0846. The van der Waals surface area contributed by atoms with Crippen LogP contribution in [0.25, 0.3) is 0 Å². The van der Waals surface area contributed by atoms with Gasteiger partial charge in [0, 0.05) is 6.54 Å². The van der Waals surface area contributed by atoms with Crippen LogP contribution in [-0.2, 0) is 0 Å². The Bertz CT molecular complexity index is 154. The Morgan fingerprint density at radius 1 is 1.38 bits per heavy atom. The Balaban J connectivity index is 2.33. The summed E-state index contributed by atoms with van der Waals surface area (Å²) in [7, 11) is 0. The van der Waals surface area contributed by atoms with E-state index in [9.17, 15) is 5.11 Å². The van der Waals surface area contributed by atoms with E-state index in [4.69, 9.17) is 0 Å². The maximum atomic E-state index is 10.2. The Hall–Kier alpha value is -0.0800. The van der Waals surface area contributed by atoms with E-state index >= 15 is 0 Å². The lowest BCUT2D eigenvalue weighted by atomic mass is 9.82. The molecule has 0 saturated carbocycles. The van der Waals surface area contributed by atoms with E-state index in [1.54, 1.807) is 0 Å². The molecule has 0 spiro atoms. The van der Waals surface area contributed by atoms with Crippen LogP contribution in [0.3, 0.4) is 0 Å². The highest BCUT2D eigenvalue weighted by atomic mass is 16.3. The summed E-state index contributed by atoms with van der Waals surface area (Å²) in [5.74, 6) is 0. The van der Waals surface area contributed by atoms with E-state index in [1.807, 2.05) is 0 Å². The van der Waals surface area contributed by atoms with Crippen molar-refractivity contribution in [1.29, 1.82) is 0 Å². The molecular formula is C11H23NO. The molecule has 0 aromatic rings. The highest BCUT2D eigenvalue weighted by Gasteiger charge is 2.30. The van der Waals surface area contributed by atoms with Gasteiger partial charge in [-0.15, -0.1) is 0 Å². The standard InChI is InChI=1S/C11H23NO/c1-10(2,3)6-7-11(13)5-4-8-12-9-11/h12-13H,4-9H2,1-3H3. The quantitative estimate of drug-likeness (QED) is 0.689. The topological polar surface area (TPSA) is 32.3 Å². The molecule has 0 radical (unpaired) electrons. The summed E-state index contributed by atoms with van der Waals surface area (Å²) in [6, 6.07) is 0. The number of aliphatic hydroxyl groups is 1. The minimum absolute atomic E-state index is 0.340. The zero-order valence-corrected chi connectivity index (χ0v) is 9.19. The third-order valence-corrected chi connectivity index (χ3v) is 2.79. The van der Waals surface area contributed by atoms with Gasteiger partial charge in [-0.1, -0.05) is 20.8 Å². The van der Waals surface area contributed by atoms with Crippen molar-refractivity contribution >= 4 is 0 Å². The van der Waals surface area contributed by atoms with Crippen LogP contribution in [0.5, 0.6) is 0 Å². The predicted octanol–water partition coefficient (Wildman–Crippen LogP) is 1.93. The molecule has 1 heterocycles. The van der Waals surface area contributed by atoms with Crippen molar-refractivity contribution < 1.29 is 5.11 Å². The lowest BCUT2D eigenvalue weighted by Crippen LogP contribution is -2.45. The lowest BCUT2D eigenvalue weighted by molar-refractivity contribution is -0.000422. The Labute approximate surface area is 81.7 Å². The molecule has 78 valence electrons. The molecule has 1 saturated heterocycles. The summed E-state index contributed by atoms with van der Waals surface area (Å²) in [4.78, 5) is 0. The molecular weight excluding hydrogens is 162 g/mol. The molecule has 1 rings (SSSR count). The summed E-state index contributed by atoms with van der Waals surface area (Å²) in [6.07, 6.45) is 4.12. The molecule has 2 N–H and O–H groups in total. The Morgan fingerprint density at radius 2 is 2.08 bits per heavy atom. The first kappa shape index (κ1) is 11.0. The maximum absolute atomic E-state index is 10.2. The SMILES string of the molecule is CC(C)(C)CCC1(O)CCCNC1. The van der Waals surface area contributed by atoms with Crippen LogP contribution in [0.4, 0.5) is 0 Å². The van der Waals surface area contributed by atoms with Gasteiger partial charge in [-0.2, -0.15) is 0 Å². The van der Waals surface area contributed by atoms with E-state index < -0.39 is 5.60 Å². The third kappa shape index (κ3) is 4.10. The van der Waals surface area contributed by atoms with Gasteiger partial charge in [0.05, 0.1) is 5.60 Å². The molecule has 1 fully saturated rings. The summed E-state index contributed by atoms with van der Waals surface area (Å²) < 4.78 is 0. The molecule has 13 heavy (non-hydrogen) atoms. The van der Waals surface area contributed by atoms with Crippen molar-refractivity contribution in [2.75, 3.05) is 13.1 Å². The van der Waals surface area contributed by atoms with Gasteiger partial charge >= 0.3 is 0 Å². The van der Waals surface area contributed by atoms with Crippen LogP contribution in [0.2, 0.25) is 0 Å². The van der Waals surface area contributed by atoms with Gasteiger partial charge in [0.25, 0.3) is 0 Å². The number of hydrogen-bond donors (Lipinski definition) is 2. The smallest absolute Gasteiger partial charge is 0.0772 e. The van der Waals surface area contributed by atoms with Gasteiger partial charge in [-0.05, 0) is 37.6 Å². The molecule has 1 atom stereocenters. The van der Waals surface area contributed by atoms with Gasteiger partial charge < -0.3 is 10.4 Å². The van der Waals surface area contributed by atoms with E-state index in [0.717, 1.165) is 38.8 Å². The fraction of sp³-hybridized carbons (Fsp3) is 1.00. The predicted molar refractivity (Wildman–Crippen MR) is 55.7 cm³/mol. The zero-order chi connectivity index (χ0) is 9.95. The van der Waals surface area contributed by atoms with Crippen molar-refractivity contribution in [2.24, 2.45) is 5.41 Å². The molecule has 0 aromatic carbocycles. The molecule has 2 heteroatoms. The minimum Gasteiger partial charge on any atom is -0.389 e. The fourth-order valence-electron chi connectivity index (χ4n) is 1.77. The van der Waals surface area contributed by atoms with Crippen molar-refractivity contribution in [3.05, 3.63) is 0 Å². The van der Waals surface area contributed by atoms with E-state index in [0.29, 0.717) is 5.41 Å². The number of hydrogen-bond acceptors (Lipinski definition) is 2. The minimum atomic E-state index is -0.425. The van der Waals surface area contributed by atoms with Crippen LogP contribution >= 0.6 is 0 Å². The molecule has 0 bridgehead atoms. The molecule has 1 aliphatic heterocycles. The number of β-amino-alcohol motifs (C(OH)–C–C–N with tert-alkyl or cyclic N) is 1. The average molecular weight is 185 g/mol. The molecule has 0 aromatic heterocycles. The molecule has 0 aliphatic carbocycles. The van der Waals surface area contributed by atoms with Crippen LogP contribution in [-0.4, -0.2) is 23.8 Å². The summed E-state index contributed by atoms with van der Waals surface area (Å²) in [5, 5.41) is 13.4. The number of rotatable bonds is 2. The van der Waals surface area contributed by atoms with Crippen molar-refractivity contribution in [2.45, 2.75) is 52.1 Å². The van der Waals surface area contributed by atoms with Gasteiger partial charge in [-0.3, -0.25) is 0 Å². The largest absolute Gasteiger partial charge is 0.389 e. The van der Waals surface area contributed by atoms with Gasteiger partial charge in [-0.25, -0.2) is 0 Å². The van der Waals surface area contributed by atoms with Crippen LogP contribution < -0.4 is 5.32 Å². The molecule has 1 aliphatic rings. The van der Waals surface area contributed by atoms with Gasteiger partial charge in [0.1, 0.15) is 0 Å². The maximum Gasteiger partial charge on any atom is 0.0772 e. The zero-order valence-electron chi connectivity index (χ0n) is 9.19. The van der Waals surface area contributed by atoms with Crippen LogP contribution in [0, 0.1) is 5.41 Å². The van der Waals surface area contributed by atoms with Crippen molar-refractivity contribution in [3.8, 4) is 0 Å². The monoisotopic (exact) mass is 185 g/mol. The fourth-order valence-corrected chi connectivity index (χ4v) is 1.77. The number of piperidine rings is 1. The first-order valence-corrected chi connectivity index (χ1v) is 5.34. The first-order valence-electron chi connectivity index (χ1n) is 5.34. The summed E-state index contributed by atoms with van der Waals surface area (Å²) >= 11 is 0. The lowest BCUT2D eigenvalue weighted by Gasteiger charge is -2.34. The Kier molecular flexibility index (Phi) is 3.36. The first-order chi connectivity index (χ1) is 5.91. The highest BCUT2D eigenvalue weighted by Crippen LogP contribution is 2.28. The second-order valence-corrected chi connectivity index (χ2v) is 5.57. The van der Waals surface area contributed by atoms with Crippen molar-refractivity contribution in [3.63, 3.8) is 0 Å². The van der Waals surface area contributed by atoms with Crippen molar-refractivity contribution in [1.82, 2.24) is 5.32 Å². The van der Waals surface area contributed by atoms with E-state index in [-0.39, 0.29) is 0 Å². The normalized spacial score (nSPS) is 30.5. The summed E-state index contributed by atoms with van der Waals surface area (Å²) in [6.45, 7) is 8.53. The van der Waals surface area contributed by atoms with E-state index in [2.05, 4.69) is 26.1 Å². The highest BCUT2D eigenvalue weighted by molar-refractivity contribution is 4.86. The molecule has 1 unspecified atom stereocenters. The third-order valence-electron chi connectivity index (χ3n) is 2.79. The van der Waals surface area contributed by atoms with Gasteiger partial charge in [0.15, 0.2) is 0 Å².